The fourth-order valence-electron chi connectivity index (χ4n) is 1.54. The molecule has 23 heavy (non-hydrogen) atoms. The third-order valence-electron chi connectivity index (χ3n) is 2.60. The molecule has 0 aliphatic heterocycles. The second-order valence-electron chi connectivity index (χ2n) is 4.21. The highest BCUT2D eigenvalue weighted by atomic mass is 19.1. The fourth-order valence-corrected chi connectivity index (χ4v) is 1.54. The van der Waals surface area contributed by atoms with Crippen LogP contribution in [0.1, 0.15) is 12.5 Å². The number of ether oxygens (including phenoxy) is 1. The number of aliphatic hydroxyl groups is 2. The highest BCUT2D eigenvalue weighted by Crippen LogP contribution is 2.14. The van der Waals surface area contributed by atoms with Crippen LogP contribution in [-0.4, -0.2) is 34.5 Å². The van der Waals surface area contributed by atoms with Gasteiger partial charge in [-0.1, -0.05) is 0 Å². The lowest BCUT2D eigenvalue weighted by atomic mass is 10.1. The first-order chi connectivity index (χ1) is 10.8. The summed E-state index contributed by atoms with van der Waals surface area (Å²) in [5.74, 6) is -6.27. The van der Waals surface area contributed by atoms with E-state index >= 15 is 0 Å². The van der Waals surface area contributed by atoms with Crippen LogP contribution in [0.5, 0.6) is 0 Å². The van der Waals surface area contributed by atoms with Gasteiger partial charge in [0.2, 0.25) is 5.78 Å². The van der Waals surface area contributed by atoms with Crippen LogP contribution < -0.4 is 5.73 Å². The van der Waals surface area contributed by atoms with E-state index in [9.17, 15) is 29.0 Å². The maximum Gasteiger partial charge on any atom is 0.347 e. The van der Waals surface area contributed by atoms with Crippen LogP contribution in [0.25, 0.3) is 5.76 Å². The Labute approximate surface area is 130 Å². The highest BCUT2D eigenvalue weighted by Gasteiger charge is 2.26. The minimum atomic E-state index is -1.36. The zero-order chi connectivity index (χ0) is 17.6. The summed E-state index contributed by atoms with van der Waals surface area (Å²) in [6, 6.07) is 4.48. The molecule has 0 unspecified atom stereocenters. The number of halogens is 1. The van der Waals surface area contributed by atoms with E-state index in [-0.39, 0.29) is 12.2 Å². The van der Waals surface area contributed by atoms with E-state index in [0.717, 1.165) is 12.1 Å². The summed E-state index contributed by atoms with van der Waals surface area (Å²) in [5.41, 5.74) is 3.99. The molecule has 0 saturated carbocycles. The first-order valence-electron chi connectivity index (χ1n) is 6.39. The lowest BCUT2D eigenvalue weighted by Gasteiger charge is -2.05. The minimum Gasteiger partial charge on any atom is -0.507 e. The van der Waals surface area contributed by atoms with Crippen LogP contribution in [0.15, 0.2) is 41.7 Å². The van der Waals surface area contributed by atoms with Gasteiger partial charge in [-0.15, -0.1) is 0 Å². The summed E-state index contributed by atoms with van der Waals surface area (Å²) in [4.78, 5) is 34.5. The molecule has 122 valence electrons. The molecule has 4 N–H and O–H groups in total. The van der Waals surface area contributed by atoms with Crippen molar-refractivity contribution in [3.63, 3.8) is 0 Å². The molecule has 0 bridgehead atoms. The predicted molar refractivity (Wildman–Crippen MR) is 77.5 cm³/mol. The van der Waals surface area contributed by atoms with Gasteiger partial charge < -0.3 is 20.7 Å². The molecular weight excluding hydrogens is 309 g/mol. The van der Waals surface area contributed by atoms with Gasteiger partial charge in [0, 0.05) is 11.6 Å². The Kier molecular flexibility index (Phi) is 6.02. The summed E-state index contributed by atoms with van der Waals surface area (Å²) in [6.45, 7) is 1.35. The van der Waals surface area contributed by atoms with Crippen molar-refractivity contribution in [3.8, 4) is 0 Å². The predicted octanol–water partition coefficient (Wildman–Crippen LogP) is 1.15. The molecule has 7 nitrogen and oxygen atoms in total. The summed E-state index contributed by atoms with van der Waals surface area (Å²) in [5, 5.41) is 19.4. The van der Waals surface area contributed by atoms with E-state index in [0.29, 0.717) is 6.08 Å². The lowest BCUT2D eigenvalue weighted by Crippen LogP contribution is -2.26. The average molecular weight is 323 g/mol. The normalized spacial score (nSPS) is 12.3. The van der Waals surface area contributed by atoms with Crippen molar-refractivity contribution in [3.05, 3.63) is 53.1 Å². The Bertz CT molecular complexity index is 690. The van der Waals surface area contributed by atoms with Crippen LogP contribution in [0.3, 0.4) is 0 Å². The van der Waals surface area contributed by atoms with Crippen LogP contribution in [-0.2, 0) is 19.1 Å². The van der Waals surface area contributed by atoms with Crippen molar-refractivity contribution in [1.29, 1.82) is 0 Å². The zero-order valence-corrected chi connectivity index (χ0v) is 12.1. The molecule has 0 atom stereocenters. The van der Waals surface area contributed by atoms with Crippen LogP contribution in [0.4, 0.5) is 4.39 Å². The summed E-state index contributed by atoms with van der Waals surface area (Å²) in [6.07, 6.45) is 0.560. The number of esters is 1. The summed E-state index contributed by atoms with van der Waals surface area (Å²) >= 11 is 0. The Hall–Kier alpha value is -3.16. The van der Waals surface area contributed by atoms with E-state index < -0.39 is 40.6 Å². The number of carbonyl (C=O) groups is 3. The molecule has 1 rings (SSSR count). The van der Waals surface area contributed by atoms with E-state index in [1.165, 1.54) is 19.1 Å². The van der Waals surface area contributed by atoms with Crippen LogP contribution in [0, 0.1) is 5.82 Å². The average Bonchev–Trinajstić information content (AvgIpc) is 2.47. The maximum atomic E-state index is 12.8. The van der Waals surface area contributed by atoms with E-state index in [1.54, 1.807) is 0 Å². The second kappa shape index (κ2) is 7.74. The number of nitrogens with two attached hydrogens (primary N) is 1. The molecule has 8 heteroatoms. The third kappa shape index (κ3) is 4.67. The van der Waals surface area contributed by atoms with Crippen molar-refractivity contribution in [2.24, 2.45) is 5.73 Å². The van der Waals surface area contributed by atoms with Crippen LogP contribution in [0.2, 0.25) is 0 Å². The Morgan fingerprint density at radius 3 is 2.26 bits per heavy atom. The SMILES string of the molecule is CCOC(=O)/C(C(N)=O)=C(\O)C(=O)C=C(O)c1ccc(F)cc1. The lowest BCUT2D eigenvalue weighted by molar-refractivity contribution is -0.140. The first kappa shape index (κ1) is 17.9. The number of aliphatic hydroxyl groups excluding tert-OH is 2. The number of carbonyl (C=O) groups excluding carboxylic acids is 3. The third-order valence-corrected chi connectivity index (χ3v) is 2.60. The molecule has 0 aromatic heterocycles. The number of rotatable bonds is 6. The molecule has 0 heterocycles. The standard InChI is InChI=1S/C15H14FNO6/c1-2-23-15(22)12(14(17)21)13(20)11(19)7-10(18)8-3-5-9(16)6-4-8/h3-7,18,20H,2H2,1H3,(H2,17,21)/b10-7?,13-12-. The van der Waals surface area contributed by atoms with Crippen molar-refractivity contribution >= 4 is 23.4 Å². The van der Waals surface area contributed by atoms with Gasteiger partial charge in [0.15, 0.2) is 11.3 Å². The fraction of sp³-hybridized carbons (Fsp3) is 0.133. The molecule has 0 fully saturated rings. The molecule has 0 saturated heterocycles. The number of allylic oxidation sites excluding steroid dienone is 1. The van der Waals surface area contributed by atoms with Gasteiger partial charge >= 0.3 is 5.97 Å². The molecule has 1 aromatic carbocycles. The molecular formula is C15H14FNO6. The van der Waals surface area contributed by atoms with Crippen molar-refractivity contribution in [1.82, 2.24) is 0 Å². The van der Waals surface area contributed by atoms with Gasteiger partial charge in [-0.25, -0.2) is 9.18 Å². The monoisotopic (exact) mass is 323 g/mol. The second-order valence-corrected chi connectivity index (χ2v) is 4.21. The van der Waals surface area contributed by atoms with E-state index in [4.69, 9.17) is 5.73 Å². The molecule has 0 radical (unpaired) electrons. The molecule has 1 aromatic rings. The largest absolute Gasteiger partial charge is 0.507 e. The van der Waals surface area contributed by atoms with Gasteiger partial charge in [-0.2, -0.15) is 0 Å². The number of benzene rings is 1. The Morgan fingerprint density at radius 2 is 1.78 bits per heavy atom. The number of hydrogen-bond donors (Lipinski definition) is 3. The van der Waals surface area contributed by atoms with Gasteiger partial charge in [-0.3, -0.25) is 9.59 Å². The minimum absolute atomic E-state index is 0.0873. The van der Waals surface area contributed by atoms with Gasteiger partial charge in [0.1, 0.15) is 11.6 Å². The summed E-state index contributed by atoms with van der Waals surface area (Å²) < 4.78 is 17.3. The van der Waals surface area contributed by atoms with Crippen LogP contribution >= 0.6 is 0 Å². The highest BCUT2D eigenvalue weighted by molar-refractivity contribution is 6.22. The van der Waals surface area contributed by atoms with Crippen molar-refractivity contribution < 1.29 is 33.7 Å². The Morgan fingerprint density at radius 1 is 1.22 bits per heavy atom. The van der Waals surface area contributed by atoms with Crippen molar-refractivity contribution in [2.75, 3.05) is 6.61 Å². The molecule has 1 amide bonds. The van der Waals surface area contributed by atoms with Gasteiger partial charge in [-0.05, 0) is 31.2 Å². The van der Waals surface area contributed by atoms with Gasteiger partial charge in [0.05, 0.1) is 6.61 Å². The van der Waals surface area contributed by atoms with Crippen molar-refractivity contribution in [2.45, 2.75) is 6.92 Å². The molecule has 0 spiro atoms. The zero-order valence-electron chi connectivity index (χ0n) is 12.1. The number of primary amides is 1. The van der Waals surface area contributed by atoms with E-state index in [2.05, 4.69) is 4.74 Å². The Balaban J connectivity index is 3.16. The molecule has 0 aliphatic rings. The number of amides is 1. The van der Waals surface area contributed by atoms with E-state index in [1.807, 2.05) is 0 Å². The topological polar surface area (TPSA) is 127 Å². The van der Waals surface area contributed by atoms with Gasteiger partial charge in [0.25, 0.3) is 5.91 Å². The number of ketones is 1. The maximum absolute atomic E-state index is 12.8. The molecule has 0 aliphatic carbocycles. The quantitative estimate of drug-likeness (QED) is 0.237. The summed E-state index contributed by atoms with van der Waals surface area (Å²) in [7, 11) is 0. The first-order valence-corrected chi connectivity index (χ1v) is 6.39. The number of hydrogen-bond acceptors (Lipinski definition) is 6. The smallest absolute Gasteiger partial charge is 0.347 e.